The van der Waals surface area contributed by atoms with Gasteiger partial charge in [-0.15, -0.1) is 0 Å². The number of nitrogens with zero attached hydrogens (tertiary/aromatic N) is 3. The number of rotatable bonds is 3. The lowest BCUT2D eigenvalue weighted by Crippen LogP contribution is -2.41. The summed E-state index contributed by atoms with van der Waals surface area (Å²) in [5, 5.41) is 13.0. The van der Waals surface area contributed by atoms with Crippen LogP contribution in [0.15, 0.2) is 24.3 Å². The number of nitriles is 1. The molecule has 1 aliphatic carbocycles. The normalized spacial score (nSPS) is 15.8. The minimum Gasteiger partial charge on any atom is -0.366 e. The molecule has 0 unspecified atom stereocenters. The summed E-state index contributed by atoms with van der Waals surface area (Å²) < 4.78 is 2.02. The van der Waals surface area contributed by atoms with Crippen LogP contribution in [0.3, 0.4) is 0 Å². The summed E-state index contributed by atoms with van der Waals surface area (Å²) >= 11 is 5.87. The van der Waals surface area contributed by atoms with Crippen LogP contribution in [0.25, 0.3) is 0 Å². The van der Waals surface area contributed by atoms with Gasteiger partial charge < -0.3 is 20.5 Å². The summed E-state index contributed by atoms with van der Waals surface area (Å²) in [7, 11) is 0. The lowest BCUT2D eigenvalue weighted by Gasteiger charge is -2.30. The Labute approximate surface area is 161 Å². The topological polar surface area (TPSA) is 104 Å². The fraction of sp³-hybridized carbons (Fsp3) is 0.316. The highest BCUT2D eigenvalue weighted by Gasteiger charge is 2.37. The first-order valence-electron chi connectivity index (χ1n) is 8.76. The van der Waals surface area contributed by atoms with Gasteiger partial charge in [-0.05, 0) is 37.1 Å². The van der Waals surface area contributed by atoms with Gasteiger partial charge >= 0.3 is 6.03 Å². The van der Waals surface area contributed by atoms with Crippen LogP contribution in [0.1, 0.15) is 46.1 Å². The van der Waals surface area contributed by atoms with E-state index in [0.717, 1.165) is 18.5 Å². The van der Waals surface area contributed by atoms with Crippen molar-refractivity contribution in [1.82, 2.24) is 9.47 Å². The van der Waals surface area contributed by atoms with Gasteiger partial charge in [0.25, 0.3) is 5.91 Å². The van der Waals surface area contributed by atoms with E-state index in [0.29, 0.717) is 41.0 Å². The number of halogens is 1. The third kappa shape index (κ3) is 3.13. The molecule has 1 saturated carbocycles. The number of primary amides is 1. The number of benzene rings is 1. The lowest BCUT2D eigenvalue weighted by atomic mass is 10.1. The van der Waals surface area contributed by atoms with Crippen molar-refractivity contribution in [3.63, 3.8) is 0 Å². The molecule has 0 atom stereocenters. The second kappa shape index (κ2) is 6.63. The standard InChI is InChI=1S/C19H18ClN5O2/c20-12-3-5-13(6-4-12)23-19(27)24-7-8-25-15(10-24)16(18(22)26)14(9-21)17(25)11-1-2-11/h3-6,11H,1-2,7-8,10H2,(H2,22,26)(H,23,27). The molecule has 2 heterocycles. The zero-order valence-corrected chi connectivity index (χ0v) is 15.3. The van der Waals surface area contributed by atoms with Crippen LogP contribution in [0.2, 0.25) is 5.02 Å². The number of carbonyl (C=O) groups excluding carboxylic acids is 2. The molecule has 7 nitrogen and oxygen atoms in total. The molecular formula is C19H18ClN5O2. The molecule has 4 rings (SSSR count). The maximum atomic E-state index is 12.6. The molecule has 0 spiro atoms. The number of nitrogens with one attached hydrogen (secondary N) is 1. The van der Waals surface area contributed by atoms with Crippen molar-refractivity contribution in [2.24, 2.45) is 5.73 Å². The molecule has 0 bridgehead atoms. The number of carbonyl (C=O) groups is 2. The van der Waals surface area contributed by atoms with E-state index in [-0.39, 0.29) is 18.1 Å². The minimum atomic E-state index is -0.623. The van der Waals surface area contributed by atoms with Crippen LogP contribution < -0.4 is 11.1 Å². The highest BCUT2D eigenvalue weighted by molar-refractivity contribution is 6.30. The molecule has 3 N–H and O–H groups in total. The first kappa shape index (κ1) is 17.4. The number of urea groups is 1. The average Bonchev–Trinajstić information content (AvgIpc) is 3.43. The second-order valence-electron chi connectivity index (χ2n) is 6.84. The maximum Gasteiger partial charge on any atom is 0.322 e. The SMILES string of the molecule is N#Cc1c(C(N)=O)c2n(c1C1CC1)CCN(C(=O)Nc1ccc(Cl)cc1)C2. The molecule has 138 valence electrons. The van der Waals surface area contributed by atoms with Crippen LogP contribution in [-0.4, -0.2) is 28.0 Å². The largest absolute Gasteiger partial charge is 0.366 e. The van der Waals surface area contributed by atoms with E-state index in [1.165, 1.54) is 0 Å². The summed E-state index contributed by atoms with van der Waals surface area (Å²) in [4.78, 5) is 26.3. The van der Waals surface area contributed by atoms with Gasteiger partial charge in [-0.25, -0.2) is 4.79 Å². The number of aromatic nitrogens is 1. The molecule has 1 fully saturated rings. The molecular weight excluding hydrogens is 366 g/mol. The first-order chi connectivity index (χ1) is 13.0. The van der Waals surface area contributed by atoms with E-state index >= 15 is 0 Å². The van der Waals surface area contributed by atoms with E-state index in [1.807, 2.05) is 4.57 Å². The fourth-order valence-corrected chi connectivity index (χ4v) is 3.78. The zero-order valence-electron chi connectivity index (χ0n) is 14.5. The molecule has 3 amide bonds. The van der Waals surface area contributed by atoms with Gasteiger partial charge in [0, 0.05) is 35.4 Å². The first-order valence-corrected chi connectivity index (χ1v) is 9.14. The van der Waals surface area contributed by atoms with E-state index in [4.69, 9.17) is 17.3 Å². The third-order valence-electron chi connectivity index (χ3n) is 5.05. The maximum absolute atomic E-state index is 12.6. The Morgan fingerprint density at radius 1 is 1.22 bits per heavy atom. The molecule has 0 radical (unpaired) electrons. The third-order valence-corrected chi connectivity index (χ3v) is 5.30. The summed E-state index contributed by atoms with van der Waals surface area (Å²) in [6.45, 7) is 1.26. The van der Waals surface area contributed by atoms with Crippen LogP contribution in [-0.2, 0) is 13.1 Å². The van der Waals surface area contributed by atoms with Crippen molar-refractivity contribution in [3.05, 3.63) is 51.8 Å². The predicted molar refractivity (Wildman–Crippen MR) is 101 cm³/mol. The molecule has 1 aliphatic heterocycles. The Bertz CT molecular complexity index is 969. The van der Waals surface area contributed by atoms with Crippen LogP contribution in [0.4, 0.5) is 10.5 Å². The monoisotopic (exact) mass is 383 g/mol. The minimum absolute atomic E-state index is 0.235. The van der Waals surface area contributed by atoms with Crippen molar-refractivity contribution in [3.8, 4) is 6.07 Å². The molecule has 1 aromatic heterocycles. The number of fused-ring (bicyclic) bond motifs is 1. The molecule has 2 aliphatic rings. The highest BCUT2D eigenvalue weighted by atomic mass is 35.5. The smallest absolute Gasteiger partial charge is 0.322 e. The van der Waals surface area contributed by atoms with Gasteiger partial charge in [-0.1, -0.05) is 11.6 Å². The Balaban J connectivity index is 1.62. The van der Waals surface area contributed by atoms with Gasteiger partial charge in [-0.2, -0.15) is 5.26 Å². The van der Waals surface area contributed by atoms with Gasteiger partial charge in [0.1, 0.15) is 6.07 Å². The van der Waals surface area contributed by atoms with E-state index in [2.05, 4.69) is 11.4 Å². The van der Waals surface area contributed by atoms with Crippen LogP contribution in [0.5, 0.6) is 0 Å². The molecule has 2 aromatic rings. The molecule has 0 saturated heterocycles. The van der Waals surface area contributed by atoms with Crippen molar-refractivity contribution in [2.75, 3.05) is 11.9 Å². The number of hydrogen-bond donors (Lipinski definition) is 2. The predicted octanol–water partition coefficient (Wildman–Crippen LogP) is 3.04. The fourth-order valence-electron chi connectivity index (χ4n) is 3.66. The van der Waals surface area contributed by atoms with Crippen molar-refractivity contribution in [2.45, 2.75) is 31.8 Å². The number of nitrogens with two attached hydrogens (primary N) is 1. The molecule has 1 aromatic carbocycles. The summed E-state index contributed by atoms with van der Waals surface area (Å²) in [6.07, 6.45) is 2.02. The summed E-state index contributed by atoms with van der Waals surface area (Å²) in [6, 6.07) is 8.73. The van der Waals surface area contributed by atoms with Gasteiger partial charge in [0.15, 0.2) is 0 Å². The van der Waals surface area contributed by atoms with Crippen molar-refractivity contribution in [1.29, 1.82) is 5.26 Å². The highest BCUT2D eigenvalue weighted by Crippen LogP contribution is 2.44. The van der Waals surface area contributed by atoms with E-state index in [9.17, 15) is 14.9 Å². The quantitative estimate of drug-likeness (QED) is 0.850. The average molecular weight is 384 g/mol. The summed E-state index contributed by atoms with van der Waals surface area (Å²) in [5.74, 6) is -0.317. The Kier molecular flexibility index (Phi) is 4.28. The number of anilines is 1. The van der Waals surface area contributed by atoms with E-state index in [1.54, 1.807) is 29.2 Å². The van der Waals surface area contributed by atoms with Crippen LogP contribution >= 0.6 is 11.6 Å². The Hall–Kier alpha value is -2.98. The van der Waals surface area contributed by atoms with Crippen molar-refractivity contribution >= 4 is 29.2 Å². The van der Waals surface area contributed by atoms with Gasteiger partial charge in [0.2, 0.25) is 0 Å². The lowest BCUT2D eigenvalue weighted by molar-refractivity contribution is 0.0997. The number of amides is 3. The Morgan fingerprint density at radius 2 is 1.93 bits per heavy atom. The number of hydrogen-bond acceptors (Lipinski definition) is 3. The summed E-state index contributed by atoms with van der Waals surface area (Å²) in [5.41, 5.74) is 8.39. The van der Waals surface area contributed by atoms with Gasteiger partial charge in [-0.3, -0.25) is 4.79 Å². The molecule has 8 heteroatoms. The van der Waals surface area contributed by atoms with Crippen molar-refractivity contribution < 1.29 is 9.59 Å². The van der Waals surface area contributed by atoms with Crippen LogP contribution in [0, 0.1) is 11.3 Å². The molecule has 27 heavy (non-hydrogen) atoms. The van der Waals surface area contributed by atoms with E-state index < -0.39 is 5.91 Å². The Morgan fingerprint density at radius 3 is 2.52 bits per heavy atom. The zero-order chi connectivity index (χ0) is 19.1. The second-order valence-corrected chi connectivity index (χ2v) is 7.28. The van der Waals surface area contributed by atoms with Gasteiger partial charge in [0.05, 0.1) is 23.4 Å².